The highest BCUT2D eigenvalue weighted by molar-refractivity contribution is 7.09. The Kier molecular flexibility index (Phi) is 4.31. The Morgan fingerprint density at radius 2 is 2.18 bits per heavy atom. The van der Waals surface area contributed by atoms with Gasteiger partial charge in [-0.1, -0.05) is 35.9 Å². The molecule has 2 aromatic rings. The molecule has 2 rings (SSSR count). The molecule has 2 N–H and O–H groups in total. The average molecular weight is 247 g/mol. The number of aryl methyl sites for hydroxylation is 1. The van der Waals surface area contributed by atoms with E-state index in [4.69, 9.17) is 0 Å². The summed E-state index contributed by atoms with van der Waals surface area (Å²) in [5, 5.41) is 14.9. The van der Waals surface area contributed by atoms with Crippen LogP contribution in [0.25, 0.3) is 0 Å². The fraction of sp³-hybridized carbons (Fsp3) is 0.286. The standard InChI is InChI=1S/C14H17NOS/c1-11-4-2-5-12(8-11)14(10-16)15-9-13-6-3-7-17-13/h2-8,14-16H,9-10H2,1H3. The molecule has 0 fully saturated rings. The van der Waals surface area contributed by atoms with Gasteiger partial charge >= 0.3 is 0 Å². The lowest BCUT2D eigenvalue weighted by Gasteiger charge is -2.16. The van der Waals surface area contributed by atoms with Crippen molar-refractivity contribution in [3.05, 3.63) is 57.8 Å². The molecule has 1 aromatic heterocycles. The van der Waals surface area contributed by atoms with Gasteiger partial charge in [-0.15, -0.1) is 11.3 Å². The maximum Gasteiger partial charge on any atom is 0.0626 e. The van der Waals surface area contributed by atoms with Crippen LogP contribution < -0.4 is 5.32 Å². The zero-order chi connectivity index (χ0) is 12.1. The summed E-state index contributed by atoms with van der Waals surface area (Å²) in [4.78, 5) is 1.29. The van der Waals surface area contributed by atoms with Crippen LogP contribution in [-0.4, -0.2) is 11.7 Å². The van der Waals surface area contributed by atoms with Crippen molar-refractivity contribution in [2.45, 2.75) is 19.5 Å². The second-order valence-corrected chi connectivity index (χ2v) is 5.14. The monoisotopic (exact) mass is 247 g/mol. The van der Waals surface area contributed by atoms with Gasteiger partial charge in [-0.25, -0.2) is 0 Å². The Morgan fingerprint density at radius 3 is 2.82 bits per heavy atom. The van der Waals surface area contributed by atoms with Gasteiger partial charge in [0.15, 0.2) is 0 Å². The van der Waals surface area contributed by atoms with Crippen molar-refractivity contribution >= 4 is 11.3 Å². The molecule has 1 unspecified atom stereocenters. The molecule has 0 amide bonds. The number of thiophene rings is 1. The van der Waals surface area contributed by atoms with E-state index in [9.17, 15) is 5.11 Å². The van der Waals surface area contributed by atoms with Crippen LogP contribution in [0.2, 0.25) is 0 Å². The van der Waals surface area contributed by atoms with Crippen molar-refractivity contribution in [2.24, 2.45) is 0 Å². The highest BCUT2D eigenvalue weighted by Gasteiger charge is 2.09. The van der Waals surface area contributed by atoms with Crippen LogP contribution in [-0.2, 0) is 6.54 Å². The molecule has 2 nitrogen and oxygen atoms in total. The molecule has 0 aliphatic rings. The van der Waals surface area contributed by atoms with Crippen LogP contribution in [0.1, 0.15) is 22.0 Å². The normalized spacial score (nSPS) is 12.6. The molecule has 1 heterocycles. The summed E-state index contributed by atoms with van der Waals surface area (Å²) in [7, 11) is 0. The Labute approximate surface area is 106 Å². The summed E-state index contributed by atoms with van der Waals surface area (Å²) >= 11 is 1.73. The minimum atomic E-state index is 0.0111. The SMILES string of the molecule is Cc1cccc(C(CO)NCc2cccs2)c1. The molecular weight excluding hydrogens is 230 g/mol. The van der Waals surface area contributed by atoms with Crippen LogP contribution >= 0.6 is 11.3 Å². The van der Waals surface area contributed by atoms with E-state index in [1.807, 2.05) is 12.1 Å². The Balaban J connectivity index is 2.01. The van der Waals surface area contributed by atoms with Gasteiger partial charge in [0.2, 0.25) is 0 Å². The van der Waals surface area contributed by atoms with Crippen LogP contribution in [0.15, 0.2) is 41.8 Å². The van der Waals surface area contributed by atoms with Crippen LogP contribution in [0.4, 0.5) is 0 Å². The lowest BCUT2D eigenvalue weighted by Crippen LogP contribution is -2.23. The van der Waals surface area contributed by atoms with E-state index in [1.54, 1.807) is 11.3 Å². The predicted octanol–water partition coefficient (Wildman–Crippen LogP) is 2.88. The number of hydrogen-bond donors (Lipinski definition) is 2. The van der Waals surface area contributed by atoms with Gasteiger partial charge in [0.25, 0.3) is 0 Å². The van der Waals surface area contributed by atoms with Gasteiger partial charge in [0.05, 0.1) is 12.6 Å². The van der Waals surface area contributed by atoms with Gasteiger partial charge in [0, 0.05) is 11.4 Å². The zero-order valence-electron chi connectivity index (χ0n) is 9.89. The van der Waals surface area contributed by atoms with E-state index in [2.05, 4.69) is 41.9 Å². The van der Waals surface area contributed by atoms with E-state index < -0.39 is 0 Å². The van der Waals surface area contributed by atoms with Crippen molar-refractivity contribution in [1.82, 2.24) is 5.32 Å². The molecule has 0 saturated heterocycles. The van der Waals surface area contributed by atoms with E-state index in [1.165, 1.54) is 10.4 Å². The van der Waals surface area contributed by atoms with Gasteiger partial charge in [-0.05, 0) is 23.9 Å². The largest absolute Gasteiger partial charge is 0.394 e. The van der Waals surface area contributed by atoms with Gasteiger partial charge in [-0.3, -0.25) is 0 Å². The van der Waals surface area contributed by atoms with Crippen molar-refractivity contribution in [1.29, 1.82) is 0 Å². The fourth-order valence-corrected chi connectivity index (χ4v) is 2.47. The third kappa shape index (κ3) is 3.40. The summed E-state index contributed by atoms with van der Waals surface area (Å²) in [6, 6.07) is 12.4. The molecule has 0 aliphatic heterocycles. The summed E-state index contributed by atoms with van der Waals surface area (Å²) in [5.74, 6) is 0. The molecule has 90 valence electrons. The van der Waals surface area contributed by atoms with E-state index in [0.717, 1.165) is 12.1 Å². The first-order valence-electron chi connectivity index (χ1n) is 5.73. The number of aliphatic hydroxyl groups is 1. The zero-order valence-corrected chi connectivity index (χ0v) is 10.7. The lowest BCUT2D eigenvalue weighted by atomic mass is 10.1. The number of nitrogens with one attached hydrogen (secondary N) is 1. The maximum absolute atomic E-state index is 9.44. The number of hydrogen-bond acceptors (Lipinski definition) is 3. The summed E-state index contributed by atoms with van der Waals surface area (Å²) in [5.41, 5.74) is 2.36. The number of rotatable bonds is 5. The molecule has 0 aliphatic carbocycles. The second kappa shape index (κ2) is 5.96. The third-order valence-electron chi connectivity index (χ3n) is 2.73. The van der Waals surface area contributed by atoms with Crippen molar-refractivity contribution in [3.8, 4) is 0 Å². The molecule has 3 heteroatoms. The van der Waals surface area contributed by atoms with Gasteiger partial charge in [0.1, 0.15) is 0 Å². The molecule has 1 atom stereocenters. The molecule has 0 spiro atoms. The minimum Gasteiger partial charge on any atom is -0.394 e. The highest BCUT2D eigenvalue weighted by atomic mass is 32.1. The molecule has 0 saturated carbocycles. The van der Waals surface area contributed by atoms with Crippen molar-refractivity contribution < 1.29 is 5.11 Å². The molecule has 0 bridgehead atoms. The van der Waals surface area contributed by atoms with Crippen molar-refractivity contribution in [2.75, 3.05) is 6.61 Å². The Morgan fingerprint density at radius 1 is 1.29 bits per heavy atom. The van der Waals surface area contributed by atoms with Crippen LogP contribution in [0.5, 0.6) is 0 Å². The van der Waals surface area contributed by atoms with Crippen LogP contribution in [0.3, 0.4) is 0 Å². The molecule has 0 radical (unpaired) electrons. The second-order valence-electron chi connectivity index (χ2n) is 4.11. The number of aliphatic hydroxyl groups excluding tert-OH is 1. The molecular formula is C14H17NOS. The average Bonchev–Trinajstić information content (AvgIpc) is 2.83. The summed E-state index contributed by atoms with van der Waals surface area (Å²) in [6.45, 7) is 2.99. The molecule has 17 heavy (non-hydrogen) atoms. The fourth-order valence-electron chi connectivity index (χ4n) is 1.81. The van der Waals surface area contributed by atoms with E-state index in [0.29, 0.717) is 0 Å². The highest BCUT2D eigenvalue weighted by Crippen LogP contribution is 2.16. The first-order chi connectivity index (χ1) is 8.29. The lowest BCUT2D eigenvalue weighted by molar-refractivity contribution is 0.244. The quantitative estimate of drug-likeness (QED) is 0.851. The first-order valence-corrected chi connectivity index (χ1v) is 6.61. The van der Waals surface area contributed by atoms with E-state index in [-0.39, 0.29) is 12.6 Å². The predicted molar refractivity (Wildman–Crippen MR) is 72.2 cm³/mol. The topological polar surface area (TPSA) is 32.3 Å². The number of benzene rings is 1. The van der Waals surface area contributed by atoms with Gasteiger partial charge in [-0.2, -0.15) is 0 Å². The summed E-state index contributed by atoms with van der Waals surface area (Å²) < 4.78 is 0. The maximum atomic E-state index is 9.44. The van der Waals surface area contributed by atoms with E-state index >= 15 is 0 Å². The minimum absolute atomic E-state index is 0.0111. The third-order valence-corrected chi connectivity index (χ3v) is 3.61. The molecule has 1 aromatic carbocycles. The Bertz CT molecular complexity index is 453. The van der Waals surface area contributed by atoms with Crippen molar-refractivity contribution in [3.63, 3.8) is 0 Å². The summed E-state index contributed by atoms with van der Waals surface area (Å²) in [6.07, 6.45) is 0. The smallest absolute Gasteiger partial charge is 0.0626 e. The first kappa shape index (κ1) is 12.3. The van der Waals surface area contributed by atoms with Crippen LogP contribution in [0, 0.1) is 6.92 Å². The Hall–Kier alpha value is -1.16. The van der Waals surface area contributed by atoms with Gasteiger partial charge < -0.3 is 10.4 Å².